The Kier molecular flexibility index (Phi) is 9.63. The van der Waals surface area contributed by atoms with E-state index in [1.54, 1.807) is 35.1 Å². The molecule has 0 aromatic carbocycles. The third-order valence-corrected chi connectivity index (χ3v) is 5.42. The van der Waals surface area contributed by atoms with Crippen LogP contribution in [0.3, 0.4) is 0 Å². The van der Waals surface area contributed by atoms with Crippen LogP contribution in [0, 0.1) is 11.8 Å². The van der Waals surface area contributed by atoms with E-state index in [2.05, 4.69) is 0 Å². The highest BCUT2D eigenvalue weighted by atomic mass is 32.2. The molecule has 0 aliphatic carbocycles. The molecule has 0 amide bonds. The maximum atomic E-state index is 12.2. The van der Waals surface area contributed by atoms with Gasteiger partial charge in [-0.2, -0.15) is 0 Å². The largest absolute Gasteiger partial charge is 0.466 e. The zero-order chi connectivity index (χ0) is 19.9. The molecule has 0 spiro atoms. The summed E-state index contributed by atoms with van der Waals surface area (Å²) < 4.78 is 41.3. The number of rotatable bonds is 10. The van der Waals surface area contributed by atoms with E-state index < -0.39 is 29.1 Å². The molecule has 5 atom stereocenters. The van der Waals surface area contributed by atoms with E-state index in [1.807, 2.05) is 13.8 Å². The molecule has 26 heavy (non-hydrogen) atoms. The monoisotopic (exact) mass is 395 g/mol. The van der Waals surface area contributed by atoms with Gasteiger partial charge in [-0.15, -0.1) is 0 Å². The van der Waals surface area contributed by atoms with Gasteiger partial charge in [0.2, 0.25) is 11.3 Å². The van der Waals surface area contributed by atoms with Gasteiger partial charge >= 0.3 is 5.97 Å². The lowest BCUT2D eigenvalue weighted by molar-refractivity contribution is -0.222. The highest BCUT2D eigenvalue weighted by Gasteiger charge is 2.40. The number of carbonyl (C=O) groups is 1. The SMILES string of the molecule is CCOC(=O)C(C)[C@H]1COC(COC(C)(C)OC)CC1OS(=O)N(C)C. The zero-order valence-corrected chi connectivity index (χ0v) is 17.7. The molecule has 1 fully saturated rings. The van der Waals surface area contributed by atoms with E-state index in [9.17, 15) is 9.00 Å². The van der Waals surface area contributed by atoms with Gasteiger partial charge in [-0.05, 0) is 20.8 Å². The maximum absolute atomic E-state index is 12.2. The molecule has 4 unspecified atom stereocenters. The molecular weight excluding hydrogens is 362 g/mol. The van der Waals surface area contributed by atoms with Gasteiger partial charge in [0.25, 0.3) is 0 Å². The molecule has 0 saturated carbocycles. The van der Waals surface area contributed by atoms with Crippen LogP contribution in [0.15, 0.2) is 0 Å². The Balaban J connectivity index is 2.79. The van der Waals surface area contributed by atoms with Crippen molar-refractivity contribution in [3.05, 3.63) is 0 Å². The van der Waals surface area contributed by atoms with Gasteiger partial charge < -0.3 is 18.9 Å². The molecule has 0 aromatic rings. The molecule has 154 valence electrons. The third-order valence-electron chi connectivity index (χ3n) is 4.41. The number of carbonyl (C=O) groups excluding carboxylic acids is 1. The predicted molar refractivity (Wildman–Crippen MR) is 97.4 cm³/mol. The van der Waals surface area contributed by atoms with E-state index in [-0.39, 0.29) is 18.0 Å². The zero-order valence-electron chi connectivity index (χ0n) is 16.9. The minimum atomic E-state index is -1.60. The molecule has 1 heterocycles. The van der Waals surface area contributed by atoms with Crippen molar-refractivity contribution in [1.82, 2.24) is 4.31 Å². The molecule has 1 aliphatic rings. The Hall–Kier alpha value is -0.580. The highest BCUT2D eigenvalue weighted by Crippen LogP contribution is 2.31. The number of hydrogen-bond acceptors (Lipinski definition) is 7. The van der Waals surface area contributed by atoms with Crippen LogP contribution in [0.2, 0.25) is 0 Å². The Labute approximate surface area is 159 Å². The first kappa shape index (κ1) is 23.5. The van der Waals surface area contributed by atoms with Crippen LogP contribution in [0.4, 0.5) is 0 Å². The first-order chi connectivity index (χ1) is 12.1. The van der Waals surface area contributed by atoms with Crippen molar-refractivity contribution < 1.29 is 32.1 Å². The molecule has 0 bridgehead atoms. The minimum absolute atomic E-state index is 0.237. The second kappa shape index (κ2) is 10.7. The molecule has 0 radical (unpaired) electrons. The first-order valence-electron chi connectivity index (χ1n) is 8.85. The Morgan fingerprint density at radius 1 is 1.38 bits per heavy atom. The molecule has 0 aromatic heterocycles. The number of esters is 1. The van der Waals surface area contributed by atoms with Crippen LogP contribution in [0.5, 0.6) is 0 Å². The smallest absolute Gasteiger partial charge is 0.309 e. The number of ether oxygens (including phenoxy) is 4. The summed E-state index contributed by atoms with van der Waals surface area (Å²) in [6.07, 6.45) is -0.182. The summed E-state index contributed by atoms with van der Waals surface area (Å²) >= 11 is -1.60. The quantitative estimate of drug-likeness (QED) is 0.410. The van der Waals surface area contributed by atoms with Crippen LogP contribution in [-0.2, 0) is 39.2 Å². The van der Waals surface area contributed by atoms with Gasteiger partial charge in [0.15, 0.2) is 5.79 Å². The van der Waals surface area contributed by atoms with Crippen molar-refractivity contribution in [2.24, 2.45) is 11.8 Å². The Bertz CT molecular complexity index is 472. The fourth-order valence-electron chi connectivity index (χ4n) is 2.54. The topological polar surface area (TPSA) is 83.5 Å². The average Bonchev–Trinajstić information content (AvgIpc) is 2.59. The molecule has 8 nitrogen and oxygen atoms in total. The number of hydrogen-bond donors (Lipinski definition) is 0. The fourth-order valence-corrected chi connectivity index (χ4v) is 3.15. The molecule has 9 heteroatoms. The van der Waals surface area contributed by atoms with Crippen LogP contribution in [-0.4, -0.2) is 73.5 Å². The van der Waals surface area contributed by atoms with Crippen molar-refractivity contribution >= 4 is 17.2 Å². The van der Waals surface area contributed by atoms with Crippen molar-refractivity contribution in [1.29, 1.82) is 0 Å². The maximum Gasteiger partial charge on any atom is 0.309 e. The van der Waals surface area contributed by atoms with Gasteiger partial charge in [-0.25, -0.2) is 8.51 Å². The van der Waals surface area contributed by atoms with Crippen LogP contribution in [0.25, 0.3) is 0 Å². The van der Waals surface area contributed by atoms with Gasteiger partial charge in [-0.3, -0.25) is 8.98 Å². The lowest BCUT2D eigenvalue weighted by atomic mass is 9.85. The van der Waals surface area contributed by atoms with Crippen LogP contribution >= 0.6 is 0 Å². The number of nitrogens with zero attached hydrogens (tertiary/aromatic N) is 1. The first-order valence-corrected chi connectivity index (χ1v) is 9.88. The molecule has 1 rings (SSSR count). The van der Waals surface area contributed by atoms with Gasteiger partial charge in [0, 0.05) is 33.5 Å². The van der Waals surface area contributed by atoms with Gasteiger partial charge in [0.05, 0.1) is 37.9 Å². The molecule has 1 aliphatic heterocycles. The lowest BCUT2D eigenvalue weighted by Crippen LogP contribution is -2.47. The summed E-state index contributed by atoms with van der Waals surface area (Å²) in [5, 5.41) is 0. The van der Waals surface area contributed by atoms with E-state index >= 15 is 0 Å². The summed E-state index contributed by atoms with van der Waals surface area (Å²) in [5.41, 5.74) is 0. The fraction of sp³-hybridized carbons (Fsp3) is 0.941. The standard InChI is InChI=1S/C17H33NO7S/c1-8-22-16(19)12(2)14-11-23-13(10-24-17(3,4)21-7)9-15(14)25-26(20)18(5)6/h12-15H,8-11H2,1-7H3/t12?,13?,14-,15?,26?/m1/s1. The average molecular weight is 396 g/mol. The van der Waals surface area contributed by atoms with E-state index in [0.29, 0.717) is 26.2 Å². The van der Waals surface area contributed by atoms with Crippen molar-refractivity contribution in [2.45, 2.75) is 52.1 Å². The summed E-state index contributed by atoms with van der Waals surface area (Å²) in [6, 6.07) is 0. The van der Waals surface area contributed by atoms with Crippen molar-refractivity contribution in [3.8, 4) is 0 Å². The van der Waals surface area contributed by atoms with E-state index in [4.69, 9.17) is 23.1 Å². The highest BCUT2D eigenvalue weighted by molar-refractivity contribution is 7.77. The van der Waals surface area contributed by atoms with Gasteiger partial charge in [-0.1, -0.05) is 6.92 Å². The predicted octanol–water partition coefficient (Wildman–Crippen LogP) is 1.52. The number of methoxy groups -OCH3 is 1. The Morgan fingerprint density at radius 2 is 2.04 bits per heavy atom. The second-order valence-electron chi connectivity index (χ2n) is 6.97. The lowest BCUT2D eigenvalue weighted by Gasteiger charge is -2.38. The van der Waals surface area contributed by atoms with Crippen molar-refractivity contribution in [2.75, 3.05) is 41.0 Å². The second-order valence-corrected chi connectivity index (χ2v) is 8.33. The van der Waals surface area contributed by atoms with E-state index in [1.165, 1.54) is 4.31 Å². The van der Waals surface area contributed by atoms with Crippen LogP contribution in [0.1, 0.15) is 34.1 Å². The summed E-state index contributed by atoms with van der Waals surface area (Å²) in [4.78, 5) is 12.1. The minimum Gasteiger partial charge on any atom is -0.466 e. The van der Waals surface area contributed by atoms with Gasteiger partial charge in [0.1, 0.15) is 0 Å². The van der Waals surface area contributed by atoms with E-state index in [0.717, 1.165) is 0 Å². The molecular formula is C17H33NO7S. The normalized spacial score (nSPS) is 26.5. The van der Waals surface area contributed by atoms with Crippen LogP contribution < -0.4 is 0 Å². The Morgan fingerprint density at radius 3 is 2.58 bits per heavy atom. The summed E-state index contributed by atoms with van der Waals surface area (Å²) in [5.74, 6) is -1.69. The van der Waals surface area contributed by atoms with Crippen molar-refractivity contribution in [3.63, 3.8) is 0 Å². The third kappa shape index (κ3) is 7.21. The summed E-state index contributed by atoms with van der Waals surface area (Å²) in [7, 11) is 4.91. The summed E-state index contributed by atoms with van der Waals surface area (Å²) in [6.45, 7) is 8.11. The molecule has 1 saturated heterocycles. The molecule has 0 N–H and O–H groups in total.